The Balaban J connectivity index is 0.000000193. The van der Waals surface area contributed by atoms with Crippen molar-refractivity contribution in [2.24, 2.45) is 33.8 Å². The molecule has 7 N–H and O–H groups in total. The van der Waals surface area contributed by atoms with Crippen LogP contribution in [0.25, 0.3) is 22.1 Å². The highest BCUT2D eigenvalue weighted by atomic mass is 35.5. The lowest BCUT2D eigenvalue weighted by Gasteiger charge is -2.35. The standard InChI is InChI=1S/C39H49F2N5O9S.C29H34F2N4O7.C9H16N2O3S.ClH/c1-5-22-19-38(22,35(49)45-56(51,52)24-14-15-24)20-28(47)27-18-23-21-46(27)34(48)32(37(2,3)4)44-36(50)55-30-13-8-12-29(30)53-17-9-16-39(40,41)31-33(54-23)43-26-11-7-6-10-25(26)42-31;1-28(2,3)23-25(36)35-15-16(14-19(35)26(37)38)41-24-22(32-17-8-4-5-9-18(17)33-24)29(30,31)12-7-13-40-20-10-6-11-21(20)42-27(39)34-23;1-2-6-5-9(6,10)8(12)11-15(13,14)7-3-4-7;/h6-7,9-11,16,22-24,27,29-30,32H,5,8,12-15,17-21H2,1-4H3,(H,44,50)(H,45,49);4-5,7-9,12,16,19-21,23H,6,10-11,13-15H2,1-3H3,(H,34,39)(H,37,38);6-7H,2-5,10H2,1H3,(H,11,12);1H/b16-9+;12-7+;;/t22-,23-,27+,29-,30-,32-,38-;16-,19+,20-,21-,23-;6-,9-;/m111./s1. The Hall–Kier alpha value is -8.45. The van der Waals surface area contributed by atoms with E-state index in [-0.39, 0.29) is 98.0 Å². The molecule has 37 heteroatoms. The molecule has 4 aliphatic heterocycles. The molecule has 8 fully saturated rings. The molecule has 0 unspecified atom stereocenters. The van der Waals surface area contributed by atoms with E-state index >= 15 is 17.6 Å². The topological polar surface area (TPSA) is 413 Å². The minimum absolute atomic E-state index is 0. The second kappa shape index (κ2) is 33.6. The van der Waals surface area contributed by atoms with Crippen LogP contribution in [0.15, 0.2) is 72.8 Å². The number of benzene rings is 2. The third kappa shape index (κ3) is 19.5. The van der Waals surface area contributed by atoms with Gasteiger partial charge in [-0.2, -0.15) is 17.6 Å². The summed E-state index contributed by atoms with van der Waals surface area (Å²) in [6, 6.07) is 8.04. The number of ether oxygens (including phenoxy) is 6. The van der Waals surface area contributed by atoms with Gasteiger partial charge in [-0.05, 0) is 136 Å². The van der Waals surface area contributed by atoms with Crippen LogP contribution in [0.2, 0.25) is 0 Å². The second-order valence-electron chi connectivity index (χ2n) is 33.3. The Labute approximate surface area is 664 Å². The number of hydrogen-bond acceptors (Lipinski definition) is 23. The van der Waals surface area contributed by atoms with Gasteiger partial charge in [0.2, 0.25) is 49.5 Å². The zero-order chi connectivity index (χ0) is 81.7. The van der Waals surface area contributed by atoms with Gasteiger partial charge in [0, 0.05) is 19.3 Å². The van der Waals surface area contributed by atoms with Gasteiger partial charge in [0.05, 0.1) is 88.1 Å². The molecule has 6 amide bonds. The number of hydrogen-bond donors (Lipinski definition) is 6. The van der Waals surface area contributed by atoms with Gasteiger partial charge in [0.1, 0.15) is 42.5 Å². The van der Waals surface area contributed by atoms with Gasteiger partial charge in [0.15, 0.2) is 17.2 Å². The van der Waals surface area contributed by atoms with E-state index in [1.165, 1.54) is 17.1 Å². The van der Waals surface area contributed by atoms with E-state index in [0.29, 0.717) is 94.7 Å². The molecule has 2 aromatic heterocycles. The summed E-state index contributed by atoms with van der Waals surface area (Å²) in [6.45, 7) is 13.4. The van der Waals surface area contributed by atoms with E-state index in [2.05, 4.69) is 40.0 Å². The van der Waals surface area contributed by atoms with Crippen LogP contribution in [0.5, 0.6) is 11.8 Å². The van der Waals surface area contributed by atoms with Gasteiger partial charge in [0.25, 0.3) is 5.91 Å². The number of ketones is 1. The predicted octanol–water partition coefficient (Wildman–Crippen LogP) is 8.65. The van der Waals surface area contributed by atoms with E-state index in [0.717, 1.165) is 11.3 Å². The molecular formula is C77H100ClF4N11O19S2. The monoisotopic (exact) mass is 1660 g/mol. The maximum Gasteiger partial charge on any atom is 0.408 e. The number of carboxylic acids is 1. The van der Waals surface area contributed by atoms with Crippen molar-refractivity contribution in [3.8, 4) is 11.8 Å². The van der Waals surface area contributed by atoms with Crippen molar-refractivity contribution >= 4 is 102 Å². The fourth-order valence-corrected chi connectivity index (χ4v) is 18.4. The Kier molecular flexibility index (Phi) is 25.5. The third-order valence-electron chi connectivity index (χ3n) is 22.7. The maximum atomic E-state index is 16.1. The summed E-state index contributed by atoms with van der Waals surface area (Å²) in [5.41, 5.74) is 1.36. The minimum Gasteiger partial charge on any atom is -0.480 e. The predicted molar refractivity (Wildman–Crippen MR) is 406 cm³/mol. The summed E-state index contributed by atoms with van der Waals surface area (Å²) in [5, 5.41) is 14.3. The van der Waals surface area contributed by atoms with Gasteiger partial charge in [-0.1, -0.05) is 105 Å². The number of allylic oxidation sites excluding steroid dienone is 2. The number of fused-ring (bicyclic) bond motifs is 10. The number of sulfonamides is 2. The Morgan fingerprint density at radius 2 is 0.965 bits per heavy atom. The number of alkyl halides is 4. The number of carbonyl (C=O) groups is 8. The van der Waals surface area contributed by atoms with Crippen molar-refractivity contribution in [2.75, 3.05) is 26.3 Å². The van der Waals surface area contributed by atoms with E-state index in [1.807, 2.05) is 13.8 Å². The summed E-state index contributed by atoms with van der Waals surface area (Å²) in [7, 11) is -7.34. The SMILES string of the molecule is CC(C)(C)[C@@H]1NC(=O)O[C@@H]2CCC[C@H]2OC/C=C/C(F)(F)c2nc3ccccc3nc2O[C@@H]2C[C@@H](C(=O)O)N(C2)C1=O.CC[C@@H]1C[C@]1(CC(=O)[C@@H]1C[C@@H]2CN1C(=O)[C@H](C(C)(C)C)NC(=O)O[C@@H]1CCC[C@H]1OC/C=C/C(F)(F)c1nc3ccccc3nc1O2)C(=O)NS(=O)(=O)C1CC1.CC[C@@H]1C[C@]1(N)C(=O)NS(=O)(=O)C1CC1.Cl. The first kappa shape index (κ1) is 86.4. The highest BCUT2D eigenvalue weighted by molar-refractivity contribution is 7.91. The highest BCUT2D eigenvalue weighted by Gasteiger charge is 2.63. The van der Waals surface area contributed by atoms with Crippen molar-refractivity contribution in [3.63, 3.8) is 0 Å². The van der Waals surface area contributed by atoms with Crippen LogP contribution in [0, 0.1) is 28.1 Å². The number of alkyl carbamates (subject to hydrolysis) is 2. The summed E-state index contributed by atoms with van der Waals surface area (Å²) in [5.74, 6) is -12.8. The normalized spacial score (nSPS) is 30.9. The Bertz CT molecular complexity index is 4640. The molecule has 2 aromatic carbocycles. The zero-order valence-electron chi connectivity index (χ0n) is 64.7. The smallest absolute Gasteiger partial charge is 0.408 e. The van der Waals surface area contributed by atoms with Crippen molar-refractivity contribution in [1.82, 2.24) is 49.8 Å². The summed E-state index contributed by atoms with van der Waals surface area (Å²) in [4.78, 5) is 126. The van der Waals surface area contributed by atoms with E-state index in [4.69, 9.17) is 34.2 Å². The molecule has 14 atom stereocenters. The molecule has 624 valence electrons. The molecule has 2 saturated heterocycles. The highest BCUT2D eigenvalue weighted by Crippen LogP contribution is 2.58. The van der Waals surface area contributed by atoms with Crippen molar-refractivity contribution in [2.45, 2.75) is 253 Å². The Morgan fingerprint density at radius 3 is 1.35 bits per heavy atom. The van der Waals surface area contributed by atoms with Gasteiger partial charge in [-0.25, -0.2) is 51.2 Å². The molecule has 6 aliphatic carbocycles. The van der Waals surface area contributed by atoms with E-state index < -0.39 is 190 Å². The van der Waals surface area contributed by atoms with Crippen LogP contribution < -0.4 is 35.3 Å². The molecule has 14 rings (SSSR count). The molecule has 6 saturated carbocycles. The van der Waals surface area contributed by atoms with Crippen molar-refractivity contribution < 1.29 is 106 Å². The first-order valence-corrected chi connectivity index (χ1v) is 41.7. The fraction of sp³-hybridized carbons (Fsp3) is 0.636. The van der Waals surface area contributed by atoms with Crippen LogP contribution in [-0.2, 0) is 79.6 Å². The number of aromatic nitrogens is 4. The van der Waals surface area contributed by atoms with Crippen LogP contribution in [0.3, 0.4) is 0 Å². The number of carbonyl (C=O) groups excluding carboxylic acids is 7. The number of nitrogens with zero attached hydrogens (tertiary/aromatic N) is 6. The molecule has 0 radical (unpaired) electrons. The van der Waals surface area contributed by atoms with Crippen LogP contribution >= 0.6 is 12.4 Å². The number of para-hydroxylation sites is 4. The van der Waals surface area contributed by atoms with Crippen molar-refractivity contribution in [3.05, 3.63) is 84.2 Å². The van der Waals surface area contributed by atoms with E-state index in [1.54, 1.807) is 90.1 Å². The third-order valence-corrected chi connectivity index (χ3v) is 26.3. The number of carboxylic acid groups (broad SMARTS) is 1. The van der Waals surface area contributed by atoms with Gasteiger partial charge in [-0.3, -0.25) is 33.4 Å². The molecule has 114 heavy (non-hydrogen) atoms. The molecular weight excluding hydrogens is 1560 g/mol. The largest absolute Gasteiger partial charge is 0.480 e. The molecule has 0 spiro atoms. The van der Waals surface area contributed by atoms with Crippen LogP contribution in [-0.4, -0.2) is 202 Å². The molecule has 4 aromatic rings. The number of Topliss-reactive ketones (excluding diaryl/α,β-unsaturated/α-hetero) is 1. The summed E-state index contributed by atoms with van der Waals surface area (Å²) >= 11 is 0. The first-order chi connectivity index (χ1) is 53.1. The summed E-state index contributed by atoms with van der Waals surface area (Å²) < 4.78 is 151. The van der Waals surface area contributed by atoms with Crippen molar-refractivity contribution in [1.29, 1.82) is 0 Å². The van der Waals surface area contributed by atoms with Gasteiger partial charge in [-0.15, -0.1) is 12.4 Å². The molecule has 10 aliphatic rings. The van der Waals surface area contributed by atoms with Gasteiger partial charge >= 0.3 is 30.0 Å². The molecule has 6 heterocycles. The van der Waals surface area contributed by atoms with Gasteiger partial charge < -0.3 is 59.7 Å². The number of rotatable bonds is 12. The number of amides is 6. The minimum atomic E-state index is -3.90. The lowest BCUT2D eigenvalue weighted by Crippen LogP contribution is -2.57. The number of halogens is 5. The lowest BCUT2D eigenvalue weighted by atomic mass is 9.85. The lowest BCUT2D eigenvalue weighted by molar-refractivity contribution is -0.150. The quantitative estimate of drug-likeness (QED) is 0.0570. The zero-order valence-corrected chi connectivity index (χ0v) is 67.1. The number of aliphatic carboxylic acids is 1. The number of nitrogens with one attached hydrogen (secondary N) is 4. The van der Waals surface area contributed by atoms with Crippen LogP contribution in [0.4, 0.5) is 27.2 Å². The maximum absolute atomic E-state index is 16.1. The molecule has 4 bridgehead atoms. The van der Waals surface area contributed by atoms with Crippen LogP contribution in [0.1, 0.15) is 176 Å². The van der Waals surface area contributed by atoms with E-state index in [9.17, 15) is 60.3 Å². The fourth-order valence-electron chi connectivity index (χ4n) is 15.7. The second-order valence-corrected chi connectivity index (χ2v) is 37.2. The molecule has 30 nitrogen and oxygen atoms in total. The average molecular weight is 1660 g/mol. The summed E-state index contributed by atoms with van der Waals surface area (Å²) in [6.07, 6.45) is 4.61. The Morgan fingerprint density at radius 1 is 0.570 bits per heavy atom. The first-order valence-electron chi connectivity index (χ1n) is 38.6. The average Bonchev–Trinajstić information content (AvgIpc) is 1.56. The number of nitrogens with two attached hydrogens (primary N) is 1.